The Morgan fingerprint density at radius 2 is 2.17 bits per heavy atom. The maximum absolute atomic E-state index is 12.1. The van der Waals surface area contributed by atoms with Crippen molar-refractivity contribution < 1.29 is 24.5 Å². The molecule has 2 rings (SSSR count). The average Bonchev–Trinajstić information content (AvgIpc) is 2.83. The van der Waals surface area contributed by atoms with Crippen LogP contribution in [0.15, 0.2) is 11.0 Å². The summed E-state index contributed by atoms with van der Waals surface area (Å²) < 4.78 is 12.4. The lowest BCUT2D eigenvalue weighted by atomic mass is 10.1. The molecule has 0 aromatic carbocycles. The van der Waals surface area contributed by atoms with Crippen molar-refractivity contribution in [3.63, 3.8) is 0 Å². The minimum absolute atomic E-state index is 0.130. The number of nitrogen functional groups attached to an aromatic ring is 1. The summed E-state index contributed by atoms with van der Waals surface area (Å²) in [6.07, 6.45) is -2.23. The first kappa shape index (κ1) is 18.8. The molecule has 136 valence electrons. The molecule has 4 atom stereocenters. The lowest BCUT2D eigenvalue weighted by Gasteiger charge is -2.23. The van der Waals surface area contributed by atoms with E-state index in [2.05, 4.69) is 4.98 Å². The molecule has 1 saturated heterocycles. The van der Waals surface area contributed by atoms with Gasteiger partial charge < -0.3 is 25.4 Å². The van der Waals surface area contributed by atoms with E-state index in [0.29, 0.717) is 5.56 Å². The summed E-state index contributed by atoms with van der Waals surface area (Å²) in [5.41, 5.74) is 5.60. The van der Waals surface area contributed by atoms with Crippen LogP contribution < -0.4 is 11.4 Å². The monoisotopic (exact) mass is 344 g/mol. The number of aromatic nitrogens is 2. The van der Waals surface area contributed by atoms with Gasteiger partial charge in [0.1, 0.15) is 24.1 Å². The van der Waals surface area contributed by atoms with Crippen LogP contribution in [0.5, 0.6) is 0 Å². The van der Waals surface area contributed by atoms with Gasteiger partial charge in [-0.1, -0.05) is 0 Å². The third-order valence-electron chi connectivity index (χ3n) is 3.68. The molecule has 0 radical (unpaired) electrons. The Kier molecular flexibility index (Phi) is 6.27. The normalized spacial score (nSPS) is 27.1. The summed E-state index contributed by atoms with van der Waals surface area (Å²) in [6.45, 7) is 1.74. The van der Waals surface area contributed by atoms with Crippen LogP contribution in [0.3, 0.4) is 0 Å². The van der Waals surface area contributed by atoms with Gasteiger partial charge in [-0.15, -0.1) is 0 Å². The number of hydrogen-bond donors (Lipinski definition) is 3. The minimum Gasteiger partial charge on any atom is -0.394 e. The summed E-state index contributed by atoms with van der Waals surface area (Å²) in [5, 5.41) is 21.1. The Morgan fingerprint density at radius 1 is 1.46 bits per heavy atom. The lowest BCUT2D eigenvalue weighted by molar-refractivity contribution is -0.151. The molecule has 1 aromatic rings. The average molecular weight is 344 g/mol. The predicted molar refractivity (Wildman–Crippen MR) is 84.0 cm³/mol. The fraction of sp³-hybridized carbons (Fsp3) is 0.714. The molecule has 0 bridgehead atoms. The van der Waals surface area contributed by atoms with E-state index in [1.165, 1.54) is 15.8 Å². The topological polar surface area (TPSA) is 132 Å². The zero-order valence-corrected chi connectivity index (χ0v) is 14.0. The first-order valence-electron chi connectivity index (χ1n) is 7.56. The summed E-state index contributed by atoms with van der Waals surface area (Å²) in [4.78, 5) is 21.1. The highest BCUT2D eigenvalue weighted by Gasteiger charge is 2.45. The first-order valence-corrected chi connectivity index (χ1v) is 7.56. The van der Waals surface area contributed by atoms with E-state index in [1.807, 2.05) is 0 Å². The number of aliphatic hydroxyl groups excluding tert-OH is 2. The maximum Gasteiger partial charge on any atom is 0.351 e. The number of rotatable bonds is 7. The summed E-state index contributed by atoms with van der Waals surface area (Å²) in [6, 6.07) is 0. The summed E-state index contributed by atoms with van der Waals surface area (Å²) in [5.74, 6) is 0.130. The number of hydroxylamine groups is 2. The van der Waals surface area contributed by atoms with Crippen molar-refractivity contribution >= 4 is 5.82 Å². The largest absolute Gasteiger partial charge is 0.394 e. The molecule has 1 aliphatic rings. The fourth-order valence-corrected chi connectivity index (χ4v) is 2.44. The van der Waals surface area contributed by atoms with E-state index < -0.39 is 36.8 Å². The van der Waals surface area contributed by atoms with E-state index in [1.54, 1.807) is 21.0 Å². The second kappa shape index (κ2) is 8.01. The zero-order valence-electron chi connectivity index (χ0n) is 14.0. The van der Waals surface area contributed by atoms with Crippen molar-refractivity contribution in [3.05, 3.63) is 22.2 Å². The number of hydrogen-bond acceptors (Lipinski definition) is 9. The van der Waals surface area contributed by atoms with Crippen molar-refractivity contribution in [2.45, 2.75) is 31.5 Å². The number of nitrogens with two attached hydrogens (primary N) is 1. The Hall–Kier alpha value is -1.56. The summed E-state index contributed by atoms with van der Waals surface area (Å²) in [7, 11) is 3.47. The number of aliphatic hydroxyl groups is 2. The predicted octanol–water partition coefficient (Wildman–Crippen LogP) is -1.74. The molecule has 10 heteroatoms. The van der Waals surface area contributed by atoms with Crippen molar-refractivity contribution in [1.29, 1.82) is 0 Å². The number of anilines is 1. The van der Waals surface area contributed by atoms with Gasteiger partial charge >= 0.3 is 5.69 Å². The van der Waals surface area contributed by atoms with E-state index in [0.717, 1.165) is 0 Å². The first-order chi connectivity index (χ1) is 11.3. The lowest BCUT2D eigenvalue weighted by Crippen LogP contribution is -2.39. The quantitative estimate of drug-likeness (QED) is 0.389. The molecule has 0 aliphatic carbocycles. The van der Waals surface area contributed by atoms with Crippen LogP contribution in [0, 0.1) is 6.92 Å². The second-order valence-corrected chi connectivity index (χ2v) is 5.72. The van der Waals surface area contributed by atoms with E-state index in [9.17, 15) is 15.0 Å². The molecule has 0 spiro atoms. The smallest absolute Gasteiger partial charge is 0.351 e. The van der Waals surface area contributed by atoms with Gasteiger partial charge in [0.25, 0.3) is 0 Å². The number of aryl methyl sites for hydroxylation is 1. The van der Waals surface area contributed by atoms with Gasteiger partial charge in [0.2, 0.25) is 0 Å². The van der Waals surface area contributed by atoms with Gasteiger partial charge in [0, 0.05) is 25.9 Å². The molecule has 1 aliphatic heterocycles. The maximum atomic E-state index is 12.1. The van der Waals surface area contributed by atoms with Crippen LogP contribution in [0.1, 0.15) is 11.8 Å². The van der Waals surface area contributed by atoms with E-state index in [4.69, 9.17) is 20.0 Å². The van der Waals surface area contributed by atoms with E-state index >= 15 is 0 Å². The molecule has 1 fully saturated rings. The molecule has 0 saturated carbocycles. The Morgan fingerprint density at radius 3 is 2.79 bits per heavy atom. The highest BCUT2D eigenvalue weighted by molar-refractivity contribution is 5.35. The Labute approximate surface area is 139 Å². The highest BCUT2D eigenvalue weighted by atomic mass is 16.7. The zero-order chi connectivity index (χ0) is 17.9. The van der Waals surface area contributed by atoms with Gasteiger partial charge in [0.05, 0.1) is 19.8 Å². The van der Waals surface area contributed by atoms with Crippen LogP contribution in [0.25, 0.3) is 0 Å². The Bertz CT molecular complexity index is 607. The van der Waals surface area contributed by atoms with Crippen molar-refractivity contribution in [3.8, 4) is 0 Å². The van der Waals surface area contributed by atoms with E-state index in [-0.39, 0.29) is 19.0 Å². The van der Waals surface area contributed by atoms with Crippen molar-refractivity contribution in [2.24, 2.45) is 0 Å². The second-order valence-electron chi connectivity index (χ2n) is 5.72. The van der Waals surface area contributed by atoms with Crippen LogP contribution in [-0.2, 0) is 14.3 Å². The molecule has 2 unspecified atom stereocenters. The van der Waals surface area contributed by atoms with Crippen LogP contribution in [0.4, 0.5) is 5.82 Å². The van der Waals surface area contributed by atoms with Gasteiger partial charge in [0.15, 0.2) is 6.23 Å². The van der Waals surface area contributed by atoms with Gasteiger partial charge in [-0.2, -0.15) is 10.0 Å². The van der Waals surface area contributed by atoms with Crippen LogP contribution in [-0.4, -0.2) is 77.1 Å². The number of nitrogens with zero attached hydrogens (tertiary/aromatic N) is 3. The molecule has 4 N–H and O–H groups in total. The number of ether oxygens (including phenoxy) is 2. The van der Waals surface area contributed by atoms with Crippen molar-refractivity contribution in [1.82, 2.24) is 14.6 Å². The molecule has 1 aromatic heterocycles. The molecule has 10 nitrogen and oxygen atoms in total. The molecule has 24 heavy (non-hydrogen) atoms. The van der Waals surface area contributed by atoms with Gasteiger partial charge in [-0.25, -0.2) is 4.79 Å². The third kappa shape index (κ3) is 4.09. The highest BCUT2D eigenvalue weighted by Crippen LogP contribution is 2.31. The summed E-state index contributed by atoms with van der Waals surface area (Å²) >= 11 is 0. The minimum atomic E-state index is -1.09. The molecule has 0 amide bonds. The molecular weight excluding hydrogens is 320 g/mol. The fourth-order valence-electron chi connectivity index (χ4n) is 2.44. The van der Waals surface area contributed by atoms with Gasteiger partial charge in [-0.3, -0.25) is 9.40 Å². The van der Waals surface area contributed by atoms with Gasteiger partial charge in [-0.05, 0) is 6.92 Å². The Balaban J connectivity index is 2.19. The molecule has 2 heterocycles. The van der Waals surface area contributed by atoms with Crippen LogP contribution >= 0.6 is 0 Å². The standard InChI is InChI=1S/C14H24N4O6/c1-8-6-18(14(21)16-12(8)15)13-11(10(20)9(7-19)24-13)22-4-5-23-17(2)3/h6,9-11,13,19-20H,4-5,7H2,1-3H3,(H2,15,16,21)/t9-,10?,11?,13-/m1/s1. The third-order valence-corrected chi connectivity index (χ3v) is 3.68. The SMILES string of the molecule is Cc1cn([C@@H]2O[C@H](CO)C(O)C2OCCON(C)C)c(=O)nc1N. The van der Waals surface area contributed by atoms with Crippen LogP contribution in [0.2, 0.25) is 0 Å². The molecular formula is C14H24N4O6. The van der Waals surface area contributed by atoms with Crippen molar-refractivity contribution in [2.75, 3.05) is 39.6 Å².